The minimum absolute atomic E-state index is 0.00295. The van der Waals surface area contributed by atoms with Gasteiger partial charge in [0.2, 0.25) is 17.7 Å². The van der Waals surface area contributed by atoms with Crippen LogP contribution in [0.15, 0.2) is 84.9 Å². The Labute approximate surface area is 359 Å². The maximum Gasteiger partial charge on any atom is 0.255 e. The van der Waals surface area contributed by atoms with Crippen LogP contribution in [-0.2, 0) is 40.4 Å². The van der Waals surface area contributed by atoms with Gasteiger partial charge in [0.1, 0.15) is 11.8 Å². The molecule has 4 aliphatic heterocycles. The van der Waals surface area contributed by atoms with Gasteiger partial charge in [-0.05, 0) is 127 Å². The van der Waals surface area contributed by atoms with E-state index in [1.54, 1.807) is 4.90 Å². The van der Waals surface area contributed by atoms with Crippen molar-refractivity contribution in [2.24, 2.45) is 5.92 Å². The van der Waals surface area contributed by atoms with Crippen LogP contribution in [0.25, 0.3) is 0 Å². The number of benzene rings is 4. The fraction of sp³-hybridized carbons (Fsp3) is 0.417. The summed E-state index contributed by atoms with van der Waals surface area (Å²) in [7, 11) is 2.26. The first kappa shape index (κ1) is 38.5. The minimum atomic E-state index is -0.630. The summed E-state index contributed by atoms with van der Waals surface area (Å²) in [6.07, 6.45) is 6.25. The molecule has 3 atom stereocenters. The van der Waals surface area contributed by atoms with Crippen molar-refractivity contribution in [3.8, 4) is 5.75 Å². The predicted octanol–water partition coefficient (Wildman–Crippen LogP) is 7.00. The van der Waals surface area contributed by atoms with Gasteiger partial charge in [-0.15, -0.1) is 0 Å². The Morgan fingerprint density at radius 3 is 2.25 bits per heavy atom. The normalized spacial score (nSPS) is 26.7. The standard InChI is InChI=1S/C48H50IN5O5/c1-51(37-27-52(28-37)36-10-7-30(8-11-36)44-39(29-5-3-2-4-6-29)13-9-32-22-38(55)12-14-40(32)44)48(49)19-17-31(18-20-48)46(58)53-24-33-21-35-26-54(42-15-16-43(56)50-45(42)57)47(59)41(35)23-34(33)25-53/h2-8,10-12,14,21-23,31,37,39,42,44,55H,9,13,15-20,24-28H2,1H3,(H,50,56,57)/t31?,39-,42?,44+,48?/m1/s1. The fourth-order valence-corrected chi connectivity index (χ4v) is 12.0. The Morgan fingerprint density at radius 2 is 1.53 bits per heavy atom. The van der Waals surface area contributed by atoms with Gasteiger partial charge in [-0.2, -0.15) is 0 Å². The lowest BCUT2D eigenvalue weighted by Crippen LogP contribution is -2.63. The molecule has 4 aromatic rings. The number of amides is 4. The number of anilines is 1. The van der Waals surface area contributed by atoms with Gasteiger partial charge in [-0.25, -0.2) is 0 Å². The number of halogens is 1. The largest absolute Gasteiger partial charge is 0.508 e. The summed E-state index contributed by atoms with van der Waals surface area (Å²) in [6, 6.07) is 29.8. The summed E-state index contributed by atoms with van der Waals surface area (Å²) in [6.45, 7) is 3.35. The zero-order valence-electron chi connectivity index (χ0n) is 33.4. The van der Waals surface area contributed by atoms with Crippen LogP contribution in [-0.4, -0.2) is 79.2 Å². The van der Waals surface area contributed by atoms with E-state index in [-0.39, 0.29) is 39.5 Å². The smallest absolute Gasteiger partial charge is 0.255 e. The van der Waals surface area contributed by atoms with Gasteiger partial charge in [0, 0.05) is 68.3 Å². The Kier molecular flexibility index (Phi) is 9.82. The number of likely N-dealkylation sites (N-methyl/N-ethyl adjacent to an activating group) is 1. The van der Waals surface area contributed by atoms with Crippen molar-refractivity contribution >= 4 is 51.9 Å². The molecule has 2 aliphatic carbocycles. The van der Waals surface area contributed by atoms with Gasteiger partial charge >= 0.3 is 0 Å². The van der Waals surface area contributed by atoms with Crippen molar-refractivity contribution in [1.82, 2.24) is 20.0 Å². The van der Waals surface area contributed by atoms with Crippen LogP contribution in [0.5, 0.6) is 5.75 Å². The Bertz CT molecular complexity index is 2340. The number of hydrogen-bond acceptors (Lipinski definition) is 7. The molecule has 2 N–H and O–H groups in total. The molecule has 0 bridgehead atoms. The Hall–Kier alpha value is -4.75. The van der Waals surface area contributed by atoms with Crippen molar-refractivity contribution in [2.75, 3.05) is 25.0 Å². The topological polar surface area (TPSA) is 114 Å². The lowest BCUT2D eigenvalue weighted by molar-refractivity contribution is -0.138. The highest BCUT2D eigenvalue weighted by atomic mass is 127. The second-order valence-electron chi connectivity index (χ2n) is 17.7. The number of aryl methyl sites for hydroxylation is 1. The number of phenolic OH excluding ortho intramolecular Hbond substituents is 1. The number of alkyl halides is 1. The highest BCUT2D eigenvalue weighted by molar-refractivity contribution is 14.1. The molecule has 4 amide bonds. The van der Waals surface area contributed by atoms with Crippen LogP contribution in [0, 0.1) is 5.92 Å². The number of imide groups is 1. The summed E-state index contributed by atoms with van der Waals surface area (Å²) in [5.41, 5.74) is 10.1. The van der Waals surface area contributed by atoms with E-state index in [1.807, 2.05) is 29.2 Å². The van der Waals surface area contributed by atoms with Crippen LogP contribution >= 0.6 is 22.6 Å². The molecule has 0 spiro atoms. The maximum absolute atomic E-state index is 13.9. The molecule has 1 saturated carbocycles. The molecule has 11 heteroatoms. The Morgan fingerprint density at radius 1 is 0.797 bits per heavy atom. The van der Waals surface area contributed by atoms with E-state index in [2.05, 4.69) is 105 Å². The fourth-order valence-electron chi connectivity index (χ4n) is 11.0. The van der Waals surface area contributed by atoms with Gasteiger partial charge in [-0.1, -0.05) is 77.2 Å². The summed E-state index contributed by atoms with van der Waals surface area (Å²) in [4.78, 5) is 60.1. The molecule has 10 rings (SSSR count). The summed E-state index contributed by atoms with van der Waals surface area (Å²) < 4.78 is 0.00789. The van der Waals surface area contributed by atoms with Crippen molar-refractivity contribution in [3.05, 3.63) is 129 Å². The Balaban J connectivity index is 0.736. The number of piperidine rings is 1. The molecule has 0 radical (unpaired) electrons. The van der Waals surface area contributed by atoms with Gasteiger partial charge < -0.3 is 19.8 Å². The predicted molar refractivity (Wildman–Crippen MR) is 233 cm³/mol. The van der Waals surface area contributed by atoms with Crippen LogP contribution in [0.3, 0.4) is 0 Å². The molecule has 304 valence electrons. The zero-order chi connectivity index (χ0) is 40.6. The average Bonchev–Trinajstić information content (AvgIpc) is 3.79. The monoisotopic (exact) mass is 903 g/mol. The van der Waals surface area contributed by atoms with Crippen LogP contribution in [0.2, 0.25) is 0 Å². The quantitative estimate of drug-likeness (QED) is 0.0890. The van der Waals surface area contributed by atoms with Gasteiger partial charge in [-0.3, -0.25) is 29.4 Å². The number of carbonyl (C=O) groups is 4. The first-order chi connectivity index (χ1) is 28.5. The average molecular weight is 904 g/mol. The highest BCUT2D eigenvalue weighted by Gasteiger charge is 2.46. The lowest BCUT2D eigenvalue weighted by Gasteiger charge is -2.52. The highest BCUT2D eigenvalue weighted by Crippen LogP contribution is 2.48. The molecule has 59 heavy (non-hydrogen) atoms. The molecule has 2 saturated heterocycles. The number of hydrogen-bond donors (Lipinski definition) is 2. The SMILES string of the molecule is CN(C1CN(c2ccc([C@@H]3c4ccc(O)cc4CC[C@@H]3c3ccccc3)cc2)C1)C1(I)CCC(C(=O)N2Cc3cc4c(cc3C2)C(=O)N(C2CCC(=O)NC2=O)C4)CC1. The molecule has 10 nitrogen and oxygen atoms in total. The van der Waals surface area contributed by atoms with E-state index in [1.165, 1.54) is 27.9 Å². The van der Waals surface area contributed by atoms with Gasteiger partial charge in [0.15, 0.2) is 0 Å². The van der Waals surface area contributed by atoms with Crippen LogP contribution in [0.4, 0.5) is 5.69 Å². The molecule has 6 aliphatic rings. The molecule has 4 heterocycles. The van der Waals surface area contributed by atoms with E-state index >= 15 is 0 Å². The lowest BCUT2D eigenvalue weighted by atomic mass is 9.69. The summed E-state index contributed by atoms with van der Waals surface area (Å²) in [5.74, 6) is 0.293. The number of nitrogens with one attached hydrogen (secondary N) is 1. The summed E-state index contributed by atoms with van der Waals surface area (Å²) in [5, 5.41) is 12.6. The molecule has 0 aromatic heterocycles. The van der Waals surface area contributed by atoms with Crippen LogP contribution in [0.1, 0.15) is 106 Å². The van der Waals surface area contributed by atoms with Crippen molar-refractivity contribution in [2.45, 2.75) is 98.5 Å². The third-order valence-corrected chi connectivity index (χ3v) is 16.3. The first-order valence-corrected chi connectivity index (χ1v) is 22.3. The molecule has 3 fully saturated rings. The zero-order valence-corrected chi connectivity index (χ0v) is 35.6. The second-order valence-corrected chi connectivity index (χ2v) is 19.8. The summed E-state index contributed by atoms with van der Waals surface area (Å²) >= 11 is 2.66. The van der Waals surface area contributed by atoms with E-state index in [9.17, 15) is 24.3 Å². The van der Waals surface area contributed by atoms with Crippen molar-refractivity contribution in [3.63, 3.8) is 0 Å². The van der Waals surface area contributed by atoms with E-state index in [4.69, 9.17) is 0 Å². The van der Waals surface area contributed by atoms with Crippen LogP contribution < -0.4 is 10.2 Å². The molecule has 4 aromatic carbocycles. The number of fused-ring (bicyclic) bond motifs is 3. The second kappa shape index (κ2) is 15.1. The number of carbonyl (C=O) groups excluding carboxylic acids is 4. The number of aromatic hydroxyl groups is 1. The third-order valence-electron chi connectivity index (χ3n) is 14.5. The van der Waals surface area contributed by atoms with E-state index in [0.29, 0.717) is 49.3 Å². The van der Waals surface area contributed by atoms with E-state index in [0.717, 1.165) is 68.3 Å². The molecular formula is C48H50IN5O5. The first-order valence-electron chi connectivity index (χ1n) is 21.2. The van der Waals surface area contributed by atoms with Gasteiger partial charge in [0.25, 0.3) is 5.91 Å². The van der Waals surface area contributed by atoms with Gasteiger partial charge in [0.05, 0.1) is 3.55 Å². The molecular weight excluding hydrogens is 853 g/mol. The maximum atomic E-state index is 13.9. The number of rotatable bonds is 7. The third kappa shape index (κ3) is 6.91. The van der Waals surface area contributed by atoms with Crippen molar-refractivity contribution < 1.29 is 24.3 Å². The minimum Gasteiger partial charge on any atom is -0.508 e. The number of phenols is 1. The number of nitrogens with zero attached hydrogens (tertiary/aromatic N) is 4. The van der Waals surface area contributed by atoms with Crippen molar-refractivity contribution in [1.29, 1.82) is 0 Å². The molecule has 1 unspecified atom stereocenters. The van der Waals surface area contributed by atoms with E-state index < -0.39 is 11.9 Å².